The number of allylic oxidation sites excluding steroid dienone is 8. The summed E-state index contributed by atoms with van der Waals surface area (Å²) in [5.41, 5.74) is 0. The summed E-state index contributed by atoms with van der Waals surface area (Å²) in [6.45, 7) is 4.38. The molecule has 0 amide bonds. The van der Waals surface area contributed by atoms with Crippen LogP contribution < -0.4 is 0 Å². The van der Waals surface area contributed by atoms with Crippen LogP contribution in [0.4, 0.5) is 0 Å². The molecule has 0 saturated carbocycles. The molecule has 380 valence electrons. The fourth-order valence-corrected chi connectivity index (χ4v) is 8.10. The average molecular weight is 937 g/mol. The number of esters is 2. The number of hydrogen-bond donors (Lipinski definition) is 1. The summed E-state index contributed by atoms with van der Waals surface area (Å²) < 4.78 is 34.4. The molecule has 2 atom stereocenters. The van der Waals surface area contributed by atoms with Gasteiger partial charge in [0.05, 0.1) is 27.7 Å². The van der Waals surface area contributed by atoms with Crippen molar-refractivity contribution < 1.29 is 42.1 Å². The lowest BCUT2D eigenvalue weighted by molar-refractivity contribution is -0.870. The molecule has 0 rings (SSSR count). The van der Waals surface area contributed by atoms with Crippen LogP contribution in [0.2, 0.25) is 0 Å². The van der Waals surface area contributed by atoms with E-state index in [0.717, 1.165) is 64.2 Å². The van der Waals surface area contributed by atoms with Gasteiger partial charge in [-0.15, -0.1) is 0 Å². The van der Waals surface area contributed by atoms with Crippen molar-refractivity contribution in [3.8, 4) is 0 Å². The topological polar surface area (TPSA) is 108 Å². The zero-order valence-corrected chi connectivity index (χ0v) is 43.9. The molecule has 0 fully saturated rings. The van der Waals surface area contributed by atoms with E-state index < -0.39 is 26.5 Å². The van der Waals surface area contributed by atoms with Gasteiger partial charge >= 0.3 is 19.8 Å². The molecule has 1 N–H and O–H groups in total. The van der Waals surface area contributed by atoms with Crippen molar-refractivity contribution in [3.63, 3.8) is 0 Å². The van der Waals surface area contributed by atoms with Crippen molar-refractivity contribution in [2.24, 2.45) is 0 Å². The van der Waals surface area contributed by atoms with Gasteiger partial charge in [-0.1, -0.05) is 204 Å². The first kappa shape index (κ1) is 63.0. The van der Waals surface area contributed by atoms with Crippen LogP contribution in [-0.4, -0.2) is 74.9 Å². The van der Waals surface area contributed by atoms with E-state index in [1.807, 2.05) is 21.1 Å². The quantitative estimate of drug-likeness (QED) is 0.0211. The molecule has 0 aromatic carbocycles. The number of phosphoric acid groups is 1. The SMILES string of the molecule is CCCC/C=C\C/C=C\CCCCCCCC(=O)OCC(COP(=O)(O)OCC[N+](C)(C)C)OC(=O)CCCCCCCCCCCCCCCCC/C=C\C/C=C\CCCCCCC. The Bertz CT molecular complexity index is 1240. The highest BCUT2D eigenvalue weighted by atomic mass is 31.2. The number of carbonyl (C=O) groups excluding carboxylic acids is 2. The summed E-state index contributed by atoms with van der Waals surface area (Å²) in [4.78, 5) is 35.5. The van der Waals surface area contributed by atoms with Crippen LogP contribution in [-0.2, 0) is 32.7 Å². The monoisotopic (exact) mass is 937 g/mol. The normalized spacial score (nSPS) is 13.8. The van der Waals surface area contributed by atoms with Gasteiger partial charge in [-0.05, 0) is 70.6 Å². The van der Waals surface area contributed by atoms with E-state index in [1.165, 1.54) is 141 Å². The Labute approximate surface area is 401 Å². The van der Waals surface area contributed by atoms with Crippen molar-refractivity contribution in [3.05, 3.63) is 48.6 Å². The third-order valence-electron chi connectivity index (χ3n) is 11.6. The molecule has 2 unspecified atom stereocenters. The Morgan fingerprint density at radius 3 is 1.26 bits per heavy atom. The standard InChI is InChI=1S/C55H102NO8P/c1-6-8-10-12-14-16-18-20-22-23-24-25-26-27-28-29-30-31-32-33-34-36-38-40-42-44-46-48-55(58)64-53(52-63-65(59,60)62-50-49-56(3,4)5)51-61-54(57)47-45-43-41-39-37-35-21-19-17-15-13-11-9-7-2/h13,15,18-21,23-24,53H,6-12,14,16-17,22,25-52H2,1-5H3/p+1/b15-13-,20-18-,21-19-,24-23-. The molecule has 0 bridgehead atoms. The fraction of sp³-hybridized carbons (Fsp3) is 0.818. The molecule has 0 radical (unpaired) electrons. The summed E-state index contributed by atoms with van der Waals surface area (Å²) in [7, 11) is 1.47. The molecule has 0 aromatic heterocycles. The second-order valence-electron chi connectivity index (χ2n) is 19.3. The van der Waals surface area contributed by atoms with Gasteiger partial charge in [-0.2, -0.15) is 0 Å². The van der Waals surface area contributed by atoms with Gasteiger partial charge in [0.1, 0.15) is 19.8 Å². The fourth-order valence-electron chi connectivity index (χ4n) is 7.36. The van der Waals surface area contributed by atoms with Crippen molar-refractivity contribution >= 4 is 19.8 Å². The highest BCUT2D eigenvalue weighted by Gasteiger charge is 2.27. The number of quaternary nitrogens is 1. The number of ether oxygens (including phenoxy) is 2. The smallest absolute Gasteiger partial charge is 0.462 e. The van der Waals surface area contributed by atoms with E-state index in [-0.39, 0.29) is 32.0 Å². The molecule has 65 heavy (non-hydrogen) atoms. The lowest BCUT2D eigenvalue weighted by Crippen LogP contribution is -2.37. The highest BCUT2D eigenvalue weighted by molar-refractivity contribution is 7.47. The molecule has 10 heteroatoms. The van der Waals surface area contributed by atoms with Gasteiger partial charge in [-0.25, -0.2) is 4.57 Å². The van der Waals surface area contributed by atoms with Crippen molar-refractivity contribution in [1.29, 1.82) is 0 Å². The maximum absolute atomic E-state index is 12.8. The van der Waals surface area contributed by atoms with Gasteiger partial charge in [0.15, 0.2) is 6.10 Å². The molecule has 9 nitrogen and oxygen atoms in total. The molecule has 0 heterocycles. The van der Waals surface area contributed by atoms with Crippen molar-refractivity contribution in [2.75, 3.05) is 47.5 Å². The minimum absolute atomic E-state index is 0.0290. The van der Waals surface area contributed by atoms with E-state index in [2.05, 4.69) is 62.5 Å². The third kappa shape index (κ3) is 51.2. The molecular weight excluding hydrogens is 834 g/mol. The maximum atomic E-state index is 12.8. The van der Waals surface area contributed by atoms with Gasteiger partial charge in [0.25, 0.3) is 0 Å². The first-order valence-corrected chi connectivity index (χ1v) is 28.4. The second-order valence-corrected chi connectivity index (χ2v) is 20.7. The van der Waals surface area contributed by atoms with Crippen LogP contribution in [0, 0.1) is 0 Å². The van der Waals surface area contributed by atoms with E-state index in [4.69, 9.17) is 18.5 Å². The summed E-state index contributed by atoms with van der Waals surface area (Å²) in [5, 5.41) is 0. The number of phosphoric ester groups is 1. The molecule has 0 spiro atoms. The van der Waals surface area contributed by atoms with Gasteiger partial charge in [0, 0.05) is 12.8 Å². The molecule has 0 aliphatic heterocycles. The molecule has 0 aliphatic rings. The number of hydrogen-bond acceptors (Lipinski definition) is 7. The predicted octanol–water partition coefficient (Wildman–Crippen LogP) is 16.2. The summed E-state index contributed by atoms with van der Waals surface area (Å²) in [5.74, 6) is -0.809. The summed E-state index contributed by atoms with van der Waals surface area (Å²) in [6.07, 6.45) is 57.4. The Hall–Kier alpha value is -2.03. The summed E-state index contributed by atoms with van der Waals surface area (Å²) >= 11 is 0. The minimum atomic E-state index is -4.38. The van der Waals surface area contributed by atoms with Crippen LogP contribution in [0.5, 0.6) is 0 Å². The van der Waals surface area contributed by atoms with Gasteiger partial charge < -0.3 is 18.9 Å². The summed E-state index contributed by atoms with van der Waals surface area (Å²) in [6, 6.07) is 0. The first-order chi connectivity index (χ1) is 31.5. The lowest BCUT2D eigenvalue weighted by Gasteiger charge is -2.24. The highest BCUT2D eigenvalue weighted by Crippen LogP contribution is 2.43. The molecular formula is C55H103NO8P+. The third-order valence-corrected chi connectivity index (χ3v) is 12.6. The minimum Gasteiger partial charge on any atom is -0.462 e. The lowest BCUT2D eigenvalue weighted by atomic mass is 10.0. The predicted molar refractivity (Wildman–Crippen MR) is 275 cm³/mol. The van der Waals surface area contributed by atoms with Crippen molar-refractivity contribution in [2.45, 2.75) is 245 Å². The number of unbranched alkanes of at least 4 members (excludes halogenated alkanes) is 27. The van der Waals surface area contributed by atoms with E-state index in [9.17, 15) is 19.0 Å². The van der Waals surface area contributed by atoms with Crippen molar-refractivity contribution in [1.82, 2.24) is 0 Å². The largest absolute Gasteiger partial charge is 0.472 e. The van der Waals surface area contributed by atoms with Gasteiger partial charge in [-0.3, -0.25) is 18.6 Å². The zero-order valence-electron chi connectivity index (χ0n) is 43.0. The average Bonchev–Trinajstić information content (AvgIpc) is 3.26. The Kier molecular flexibility index (Phi) is 45.6. The Morgan fingerprint density at radius 2 is 0.846 bits per heavy atom. The Morgan fingerprint density at radius 1 is 0.477 bits per heavy atom. The van der Waals surface area contributed by atoms with E-state index in [0.29, 0.717) is 17.4 Å². The van der Waals surface area contributed by atoms with Gasteiger partial charge in [0.2, 0.25) is 0 Å². The van der Waals surface area contributed by atoms with Crippen LogP contribution in [0.25, 0.3) is 0 Å². The van der Waals surface area contributed by atoms with E-state index in [1.54, 1.807) is 0 Å². The van der Waals surface area contributed by atoms with E-state index >= 15 is 0 Å². The molecule has 0 aromatic rings. The van der Waals surface area contributed by atoms with Crippen LogP contribution >= 0.6 is 7.82 Å². The number of nitrogens with zero attached hydrogens (tertiary/aromatic N) is 1. The number of likely N-dealkylation sites (N-methyl/N-ethyl adjacent to an activating group) is 1. The zero-order chi connectivity index (χ0) is 47.8. The number of rotatable bonds is 49. The molecule has 0 saturated heterocycles. The maximum Gasteiger partial charge on any atom is 0.472 e. The Balaban J connectivity index is 4.14. The van der Waals surface area contributed by atoms with Crippen LogP contribution in [0.15, 0.2) is 48.6 Å². The van der Waals surface area contributed by atoms with Crippen LogP contribution in [0.1, 0.15) is 239 Å². The molecule has 0 aliphatic carbocycles. The first-order valence-electron chi connectivity index (χ1n) is 26.9. The second kappa shape index (κ2) is 47.1. The van der Waals surface area contributed by atoms with Crippen LogP contribution in [0.3, 0.4) is 0 Å². The number of carbonyl (C=O) groups is 2.